The second kappa shape index (κ2) is 13.6. The summed E-state index contributed by atoms with van der Waals surface area (Å²) in [6.07, 6.45) is 0.0775. The van der Waals surface area contributed by atoms with Crippen LogP contribution in [0.25, 0.3) is 11.1 Å². The monoisotopic (exact) mass is 692 g/mol. The highest BCUT2D eigenvalue weighted by molar-refractivity contribution is 9.10. The summed E-state index contributed by atoms with van der Waals surface area (Å²) in [6.45, 7) is 11.8. The number of benzene rings is 4. The molecule has 0 saturated carbocycles. The third kappa shape index (κ3) is 7.81. The quantitative estimate of drug-likeness (QED) is 0.183. The lowest BCUT2D eigenvalue weighted by atomic mass is 9.99. The van der Waals surface area contributed by atoms with Gasteiger partial charge in [0.2, 0.25) is 0 Å². The molecule has 6 nitrogen and oxygen atoms in total. The molecule has 218 valence electrons. The van der Waals surface area contributed by atoms with Crippen LogP contribution in [0, 0.1) is 13.8 Å². The summed E-state index contributed by atoms with van der Waals surface area (Å²) in [5.41, 5.74) is 6.42. The average Bonchev–Trinajstić information content (AvgIpc) is 2.92. The summed E-state index contributed by atoms with van der Waals surface area (Å²) >= 11 is 6.99. The topological polar surface area (TPSA) is 76.7 Å². The van der Waals surface area contributed by atoms with Crippen molar-refractivity contribution in [3.05, 3.63) is 104 Å². The summed E-state index contributed by atoms with van der Waals surface area (Å²) in [7, 11) is 0. The molecule has 0 spiro atoms. The number of halogens is 2. The Morgan fingerprint density at radius 2 is 0.976 bits per heavy atom. The normalized spacial score (nSPS) is 11.0. The number of amides is 2. The highest BCUT2D eigenvalue weighted by atomic mass is 79.9. The van der Waals surface area contributed by atoms with Gasteiger partial charge in [-0.05, 0) is 156 Å². The molecule has 8 heteroatoms. The highest BCUT2D eigenvalue weighted by Gasteiger charge is 2.14. The Bertz CT molecular complexity index is 1510. The van der Waals surface area contributed by atoms with Gasteiger partial charge in [-0.1, -0.05) is 12.1 Å². The van der Waals surface area contributed by atoms with E-state index in [0.29, 0.717) is 22.6 Å². The number of hydrogen-bond acceptors (Lipinski definition) is 4. The summed E-state index contributed by atoms with van der Waals surface area (Å²) < 4.78 is 12.9. The molecule has 42 heavy (non-hydrogen) atoms. The lowest BCUT2D eigenvalue weighted by Crippen LogP contribution is -2.13. The number of carbonyl (C=O) groups excluding carboxylic acids is 2. The first-order valence-electron chi connectivity index (χ1n) is 13.7. The molecule has 0 aliphatic carbocycles. The van der Waals surface area contributed by atoms with Crippen LogP contribution in [0.1, 0.15) is 59.5 Å². The molecule has 2 amide bonds. The average molecular weight is 694 g/mol. The Labute approximate surface area is 264 Å². The maximum atomic E-state index is 12.9. The molecule has 4 aromatic carbocycles. The van der Waals surface area contributed by atoms with Crippen LogP contribution in [0.2, 0.25) is 0 Å². The van der Waals surface area contributed by atoms with Crippen LogP contribution in [0.4, 0.5) is 11.4 Å². The minimum absolute atomic E-state index is 0.0387. The SMILES string of the molecule is Cc1cc(-c2ccc(NC(=O)c3ccc(OC(C)C)c(Br)c3)c(C)c2)ccc1NC(=O)c1ccc(OC(C)C)c(Br)c1. The predicted molar refractivity (Wildman–Crippen MR) is 177 cm³/mol. The van der Waals surface area contributed by atoms with Gasteiger partial charge < -0.3 is 20.1 Å². The van der Waals surface area contributed by atoms with Crippen LogP contribution in [-0.4, -0.2) is 24.0 Å². The largest absolute Gasteiger partial charge is 0.490 e. The Hall–Kier alpha value is -3.62. The highest BCUT2D eigenvalue weighted by Crippen LogP contribution is 2.31. The van der Waals surface area contributed by atoms with E-state index in [4.69, 9.17) is 9.47 Å². The predicted octanol–water partition coefficient (Wildman–Crippen LogP) is 9.57. The maximum Gasteiger partial charge on any atom is 0.255 e. The van der Waals surface area contributed by atoms with Crippen LogP contribution in [0.5, 0.6) is 11.5 Å². The zero-order valence-electron chi connectivity index (χ0n) is 24.5. The van der Waals surface area contributed by atoms with Crippen LogP contribution < -0.4 is 20.1 Å². The van der Waals surface area contributed by atoms with E-state index in [0.717, 1.165) is 42.6 Å². The van der Waals surface area contributed by atoms with Gasteiger partial charge in [-0.2, -0.15) is 0 Å². The summed E-state index contributed by atoms with van der Waals surface area (Å²) in [6, 6.07) is 22.4. The van der Waals surface area contributed by atoms with Gasteiger partial charge >= 0.3 is 0 Å². The van der Waals surface area contributed by atoms with Crippen molar-refractivity contribution >= 4 is 55.0 Å². The van der Waals surface area contributed by atoms with E-state index in [1.807, 2.05) is 77.9 Å². The molecule has 0 aliphatic rings. The van der Waals surface area contributed by atoms with E-state index in [-0.39, 0.29) is 24.0 Å². The van der Waals surface area contributed by atoms with Gasteiger partial charge in [-0.3, -0.25) is 9.59 Å². The second-order valence-electron chi connectivity index (χ2n) is 10.6. The van der Waals surface area contributed by atoms with Crippen molar-refractivity contribution in [3.63, 3.8) is 0 Å². The van der Waals surface area contributed by atoms with Gasteiger partial charge in [0.25, 0.3) is 11.8 Å². The summed E-state index contributed by atoms with van der Waals surface area (Å²) in [5.74, 6) is 0.990. The molecule has 0 bridgehead atoms. The number of nitrogens with one attached hydrogen (secondary N) is 2. The van der Waals surface area contributed by atoms with Crippen molar-refractivity contribution in [2.24, 2.45) is 0 Å². The third-order valence-electron chi connectivity index (χ3n) is 6.40. The maximum absolute atomic E-state index is 12.9. The number of anilines is 2. The first-order chi connectivity index (χ1) is 19.9. The molecule has 2 N–H and O–H groups in total. The van der Waals surface area contributed by atoms with Gasteiger partial charge in [-0.25, -0.2) is 0 Å². The number of ether oxygens (including phenoxy) is 2. The second-order valence-corrected chi connectivity index (χ2v) is 12.3. The van der Waals surface area contributed by atoms with Crippen molar-refractivity contribution in [1.82, 2.24) is 0 Å². The van der Waals surface area contributed by atoms with Crippen LogP contribution >= 0.6 is 31.9 Å². The van der Waals surface area contributed by atoms with Crippen LogP contribution in [0.3, 0.4) is 0 Å². The third-order valence-corrected chi connectivity index (χ3v) is 7.64. The molecule has 0 aromatic heterocycles. The van der Waals surface area contributed by atoms with Crippen molar-refractivity contribution in [2.45, 2.75) is 53.8 Å². The van der Waals surface area contributed by atoms with Crippen molar-refractivity contribution < 1.29 is 19.1 Å². The molecular weight excluding hydrogens is 660 g/mol. The fourth-order valence-electron chi connectivity index (χ4n) is 4.34. The lowest BCUT2D eigenvalue weighted by molar-refractivity contribution is 0.101. The summed E-state index contributed by atoms with van der Waals surface area (Å²) in [5, 5.41) is 6.01. The summed E-state index contributed by atoms with van der Waals surface area (Å²) in [4.78, 5) is 25.9. The minimum atomic E-state index is -0.201. The van der Waals surface area contributed by atoms with E-state index in [1.165, 1.54) is 0 Å². The Balaban J connectivity index is 1.44. The molecule has 0 heterocycles. The molecule has 0 radical (unpaired) electrons. The van der Waals surface area contributed by atoms with E-state index >= 15 is 0 Å². The number of hydrogen-bond donors (Lipinski definition) is 2. The zero-order chi connectivity index (χ0) is 30.6. The lowest BCUT2D eigenvalue weighted by Gasteiger charge is -2.15. The van der Waals surface area contributed by atoms with E-state index in [9.17, 15) is 9.59 Å². The first-order valence-corrected chi connectivity index (χ1v) is 15.3. The van der Waals surface area contributed by atoms with Gasteiger partial charge in [0.15, 0.2) is 0 Å². The van der Waals surface area contributed by atoms with Gasteiger partial charge in [0, 0.05) is 22.5 Å². The van der Waals surface area contributed by atoms with Crippen molar-refractivity contribution in [2.75, 3.05) is 10.6 Å². The van der Waals surface area contributed by atoms with E-state index < -0.39 is 0 Å². The Kier molecular flexibility index (Phi) is 10.1. The molecular formula is C34H34Br2N2O4. The molecule has 4 aromatic rings. The van der Waals surface area contributed by atoms with E-state index in [2.05, 4.69) is 42.5 Å². The number of rotatable bonds is 9. The Morgan fingerprint density at radius 3 is 1.29 bits per heavy atom. The van der Waals surface area contributed by atoms with Crippen molar-refractivity contribution in [1.29, 1.82) is 0 Å². The Morgan fingerprint density at radius 1 is 0.595 bits per heavy atom. The fourth-order valence-corrected chi connectivity index (χ4v) is 5.28. The number of aryl methyl sites for hydroxylation is 2. The smallest absolute Gasteiger partial charge is 0.255 e. The standard InChI is InChI=1S/C34H34Br2N2O4/c1-19(2)41-31-13-9-25(17-27(31)35)33(39)37-29-11-7-23(15-21(29)5)24-8-12-30(22(6)16-24)38-34(40)26-10-14-32(28(36)18-26)42-20(3)4/h7-20H,1-6H3,(H,37,39)(H,38,40). The van der Waals surface area contributed by atoms with Crippen LogP contribution in [0.15, 0.2) is 81.7 Å². The van der Waals surface area contributed by atoms with Gasteiger partial charge in [-0.15, -0.1) is 0 Å². The van der Waals surface area contributed by atoms with Gasteiger partial charge in [0.05, 0.1) is 21.2 Å². The molecule has 4 rings (SSSR count). The first kappa shape index (κ1) is 31.3. The molecule has 0 atom stereocenters. The van der Waals surface area contributed by atoms with Crippen molar-refractivity contribution in [3.8, 4) is 22.6 Å². The van der Waals surface area contributed by atoms with Crippen LogP contribution in [-0.2, 0) is 0 Å². The fraction of sp³-hybridized carbons (Fsp3) is 0.235. The number of carbonyl (C=O) groups is 2. The minimum Gasteiger partial charge on any atom is -0.490 e. The molecule has 0 aliphatic heterocycles. The van der Waals surface area contributed by atoms with E-state index in [1.54, 1.807) is 36.4 Å². The molecule has 0 saturated heterocycles. The molecule has 0 unspecified atom stereocenters. The zero-order valence-corrected chi connectivity index (χ0v) is 27.6. The van der Waals surface area contributed by atoms with Gasteiger partial charge in [0.1, 0.15) is 11.5 Å². The molecule has 0 fully saturated rings.